The zero-order chi connectivity index (χ0) is 20.4. The summed E-state index contributed by atoms with van der Waals surface area (Å²) in [6.07, 6.45) is 0.548. The van der Waals surface area contributed by atoms with Crippen molar-refractivity contribution >= 4 is 38.8 Å². The fraction of sp³-hybridized carbons (Fsp3) is 0.333. The van der Waals surface area contributed by atoms with Crippen molar-refractivity contribution in [2.24, 2.45) is 0 Å². The van der Waals surface area contributed by atoms with Crippen LogP contribution in [0.15, 0.2) is 30.3 Å². The van der Waals surface area contributed by atoms with E-state index in [-0.39, 0.29) is 11.7 Å². The number of amides is 1. The van der Waals surface area contributed by atoms with E-state index in [0.29, 0.717) is 29.2 Å². The van der Waals surface area contributed by atoms with Gasteiger partial charge < -0.3 is 21.3 Å². The van der Waals surface area contributed by atoms with Gasteiger partial charge in [0.1, 0.15) is 15.5 Å². The van der Waals surface area contributed by atoms with Crippen LogP contribution >= 0.6 is 11.3 Å². The second-order valence-corrected chi connectivity index (χ2v) is 8.18. The molecule has 0 aliphatic carbocycles. The molecule has 1 aliphatic rings. The van der Waals surface area contributed by atoms with Crippen LogP contribution in [0.25, 0.3) is 10.2 Å². The molecule has 0 spiro atoms. The number of pyridine rings is 1. The maximum atomic E-state index is 14.5. The summed E-state index contributed by atoms with van der Waals surface area (Å²) in [5.41, 5.74) is 8.97. The van der Waals surface area contributed by atoms with Crippen molar-refractivity contribution in [3.63, 3.8) is 0 Å². The monoisotopic (exact) mass is 413 g/mol. The SMILES string of the molecule is Cc1ccc2c(N)c(C(=O)NCCc3ccc(N4CCNCC4)c(F)c3)sc2n1. The van der Waals surface area contributed by atoms with Crippen molar-refractivity contribution in [2.75, 3.05) is 43.4 Å². The Hall–Kier alpha value is -2.71. The van der Waals surface area contributed by atoms with Crippen molar-refractivity contribution in [1.29, 1.82) is 0 Å². The molecule has 8 heteroatoms. The van der Waals surface area contributed by atoms with E-state index in [2.05, 4.69) is 20.5 Å². The largest absolute Gasteiger partial charge is 0.397 e. The number of thiophene rings is 1. The van der Waals surface area contributed by atoms with Gasteiger partial charge in [-0.1, -0.05) is 6.07 Å². The van der Waals surface area contributed by atoms with Gasteiger partial charge in [0.05, 0.1) is 11.4 Å². The number of carbonyl (C=O) groups is 1. The molecule has 1 saturated heterocycles. The lowest BCUT2D eigenvalue weighted by Crippen LogP contribution is -2.43. The van der Waals surface area contributed by atoms with Crippen LogP contribution in [-0.4, -0.2) is 43.6 Å². The van der Waals surface area contributed by atoms with E-state index in [1.165, 1.54) is 11.3 Å². The summed E-state index contributed by atoms with van der Waals surface area (Å²) in [5, 5.41) is 6.95. The van der Waals surface area contributed by atoms with Crippen LogP contribution < -0.4 is 21.3 Å². The predicted octanol–water partition coefficient (Wildman–Crippen LogP) is 2.71. The summed E-state index contributed by atoms with van der Waals surface area (Å²) in [6.45, 7) is 5.65. The molecule has 0 unspecified atom stereocenters. The second-order valence-electron chi connectivity index (χ2n) is 7.18. The van der Waals surface area contributed by atoms with Crippen LogP contribution in [0.4, 0.5) is 15.8 Å². The standard InChI is InChI=1S/C21H24FN5OS/c1-13-2-4-15-18(23)19(29-21(15)26-13)20(28)25-7-6-14-3-5-17(16(22)12-14)27-10-8-24-9-11-27/h2-5,12,24H,6-11,23H2,1H3,(H,25,28). The highest BCUT2D eigenvalue weighted by atomic mass is 32.1. The minimum absolute atomic E-state index is 0.217. The Balaban J connectivity index is 1.38. The van der Waals surface area contributed by atoms with E-state index in [1.807, 2.05) is 31.2 Å². The second kappa shape index (κ2) is 8.34. The van der Waals surface area contributed by atoms with E-state index >= 15 is 0 Å². The van der Waals surface area contributed by atoms with Crippen LogP contribution in [0.5, 0.6) is 0 Å². The fourth-order valence-electron chi connectivity index (χ4n) is 3.53. The Bertz CT molecular complexity index is 1040. The van der Waals surface area contributed by atoms with Gasteiger partial charge in [-0.25, -0.2) is 9.37 Å². The maximum Gasteiger partial charge on any atom is 0.263 e. The van der Waals surface area contributed by atoms with Crippen LogP contribution in [0.2, 0.25) is 0 Å². The molecule has 3 heterocycles. The molecule has 1 aliphatic heterocycles. The molecule has 0 bridgehead atoms. The van der Waals surface area contributed by atoms with Gasteiger partial charge in [0.25, 0.3) is 5.91 Å². The number of hydrogen-bond donors (Lipinski definition) is 3. The van der Waals surface area contributed by atoms with Crippen molar-refractivity contribution < 1.29 is 9.18 Å². The Kier molecular flexibility index (Phi) is 5.64. The molecular formula is C21H24FN5OS. The number of nitrogens with two attached hydrogens (primary N) is 1. The molecule has 0 atom stereocenters. The minimum atomic E-state index is -0.221. The highest BCUT2D eigenvalue weighted by molar-refractivity contribution is 7.21. The molecule has 6 nitrogen and oxygen atoms in total. The topological polar surface area (TPSA) is 83.3 Å². The number of hydrogen-bond acceptors (Lipinski definition) is 6. The molecule has 1 fully saturated rings. The average molecular weight is 414 g/mol. The number of carbonyl (C=O) groups excluding carboxylic acids is 1. The summed E-state index contributed by atoms with van der Waals surface area (Å²) < 4.78 is 14.5. The predicted molar refractivity (Wildman–Crippen MR) is 116 cm³/mol. The number of fused-ring (bicyclic) bond motifs is 1. The van der Waals surface area contributed by atoms with Gasteiger partial charge in [0.2, 0.25) is 0 Å². The molecule has 152 valence electrons. The van der Waals surface area contributed by atoms with Crippen molar-refractivity contribution in [1.82, 2.24) is 15.6 Å². The lowest BCUT2D eigenvalue weighted by molar-refractivity contribution is 0.0959. The lowest BCUT2D eigenvalue weighted by atomic mass is 10.1. The van der Waals surface area contributed by atoms with Gasteiger partial charge in [-0.05, 0) is 43.2 Å². The number of piperazine rings is 1. The van der Waals surface area contributed by atoms with Crippen molar-refractivity contribution in [3.8, 4) is 0 Å². The van der Waals surface area contributed by atoms with Gasteiger partial charge in [-0.2, -0.15) is 0 Å². The number of nitrogens with one attached hydrogen (secondary N) is 2. The highest BCUT2D eigenvalue weighted by Gasteiger charge is 2.17. The van der Waals surface area contributed by atoms with E-state index in [4.69, 9.17) is 5.73 Å². The number of aryl methyl sites for hydroxylation is 1. The maximum absolute atomic E-state index is 14.5. The van der Waals surface area contributed by atoms with Crippen LogP contribution in [0.3, 0.4) is 0 Å². The first-order chi connectivity index (χ1) is 14.0. The highest BCUT2D eigenvalue weighted by Crippen LogP contribution is 2.32. The normalized spacial score (nSPS) is 14.3. The minimum Gasteiger partial charge on any atom is -0.397 e. The van der Waals surface area contributed by atoms with E-state index in [0.717, 1.165) is 47.7 Å². The number of rotatable bonds is 5. The summed E-state index contributed by atoms with van der Waals surface area (Å²) >= 11 is 1.29. The number of nitrogens with zero attached hydrogens (tertiary/aromatic N) is 2. The first kappa shape index (κ1) is 19.6. The average Bonchev–Trinajstić information content (AvgIpc) is 3.04. The number of anilines is 2. The Labute approximate surface area is 172 Å². The number of nitrogen functional groups attached to an aromatic ring is 1. The Morgan fingerprint density at radius 2 is 2.10 bits per heavy atom. The summed E-state index contributed by atoms with van der Waals surface area (Å²) in [6, 6.07) is 9.08. The van der Waals surface area contributed by atoms with E-state index in [1.54, 1.807) is 6.07 Å². The molecule has 4 N–H and O–H groups in total. The van der Waals surface area contributed by atoms with Gasteiger partial charge in [0.15, 0.2) is 0 Å². The lowest BCUT2D eigenvalue weighted by Gasteiger charge is -2.29. The third-order valence-electron chi connectivity index (χ3n) is 5.11. The quantitative estimate of drug-likeness (QED) is 0.599. The van der Waals surface area contributed by atoms with Gasteiger partial charge in [-0.15, -0.1) is 11.3 Å². The van der Waals surface area contributed by atoms with Crippen LogP contribution in [-0.2, 0) is 6.42 Å². The molecule has 4 rings (SSSR count). The van der Waals surface area contributed by atoms with Crippen molar-refractivity contribution in [3.05, 3.63) is 52.3 Å². The first-order valence-electron chi connectivity index (χ1n) is 9.71. The molecule has 0 saturated carbocycles. The Morgan fingerprint density at radius 3 is 2.86 bits per heavy atom. The summed E-state index contributed by atoms with van der Waals surface area (Å²) in [7, 11) is 0. The van der Waals surface area contributed by atoms with Gasteiger partial charge in [-0.3, -0.25) is 4.79 Å². The molecule has 29 heavy (non-hydrogen) atoms. The molecule has 1 aromatic carbocycles. The number of benzene rings is 1. The fourth-order valence-corrected chi connectivity index (χ4v) is 4.58. The Morgan fingerprint density at radius 1 is 1.31 bits per heavy atom. The summed E-state index contributed by atoms with van der Waals surface area (Å²) in [4.78, 5) is 20.3. The van der Waals surface area contributed by atoms with Gasteiger partial charge in [0, 0.05) is 43.8 Å². The summed E-state index contributed by atoms with van der Waals surface area (Å²) in [5.74, 6) is -0.438. The number of aromatic nitrogens is 1. The molecule has 3 aromatic rings. The van der Waals surface area contributed by atoms with Gasteiger partial charge >= 0.3 is 0 Å². The zero-order valence-electron chi connectivity index (χ0n) is 16.3. The van der Waals surface area contributed by atoms with E-state index < -0.39 is 0 Å². The van der Waals surface area contributed by atoms with Crippen molar-refractivity contribution in [2.45, 2.75) is 13.3 Å². The van der Waals surface area contributed by atoms with Crippen LogP contribution in [0, 0.1) is 12.7 Å². The molecular weight excluding hydrogens is 389 g/mol. The smallest absolute Gasteiger partial charge is 0.263 e. The molecule has 0 radical (unpaired) electrons. The zero-order valence-corrected chi connectivity index (χ0v) is 17.1. The van der Waals surface area contributed by atoms with E-state index in [9.17, 15) is 9.18 Å². The third-order valence-corrected chi connectivity index (χ3v) is 6.22. The first-order valence-corrected chi connectivity index (χ1v) is 10.5. The molecule has 2 aromatic heterocycles. The molecule has 1 amide bonds. The third kappa shape index (κ3) is 4.18. The number of halogens is 1. The van der Waals surface area contributed by atoms with Crippen LogP contribution in [0.1, 0.15) is 20.9 Å².